The highest BCUT2D eigenvalue weighted by atomic mass is 16.2. The van der Waals surface area contributed by atoms with E-state index in [1.54, 1.807) is 29.3 Å². The first-order valence-corrected chi connectivity index (χ1v) is 8.88. The van der Waals surface area contributed by atoms with Gasteiger partial charge in [-0.05, 0) is 59.4 Å². The molecule has 27 heavy (non-hydrogen) atoms. The molecule has 3 rings (SSSR count). The Hall–Kier alpha value is -3.21. The molecule has 0 saturated heterocycles. The topological polar surface area (TPSA) is 62.3 Å². The highest BCUT2D eigenvalue weighted by Gasteiger charge is 2.19. The minimum Gasteiger partial charge on any atom is -0.338 e. The molecule has 5 heteroatoms. The average molecular weight is 361 g/mol. The van der Waals surface area contributed by atoms with E-state index in [1.165, 1.54) is 29.2 Å². The quantitative estimate of drug-likeness (QED) is 0.829. The lowest BCUT2D eigenvalue weighted by Crippen LogP contribution is -2.27. The van der Waals surface area contributed by atoms with Crippen molar-refractivity contribution in [3.05, 3.63) is 70.9 Å². The van der Waals surface area contributed by atoms with E-state index in [-0.39, 0.29) is 11.8 Å². The summed E-state index contributed by atoms with van der Waals surface area (Å²) in [4.78, 5) is 29.3. The summed E-state index contributed by atoms with van der Waals surface area (Å²) in [5, 5.41) is 2.61. The Morgan fingerprint density at radius 1 is 1.22 bits per heavy atom. The molecule has 2 amide bonds. The summed E-state index contributed by atoms with van der Waals surface area (Å²) in [5.74, 6) is 0.268. The van der Waals surface area contributed by atoms with Gasteiger partial charge in [-0.3, -0.25) is 9.59 Å². The van der Waals surface area contributed by atoms with Gasteiger partial charge >= 0.3 is 0 Å². The van der Waals surface area contributed by atoms with Crippen LogP contribution >= 0.6 is 0 Å². The largest absolute Gasteiger partial charge is 0.338 e. The molecule has 1 aliphatic carbocycles. The highest BCUT2D eigenvalue weighted by Crippen LogP contribution is 2.32. The van der Waals surface area contributed by atoms with Gasteiger partial charge in [0.25, 0.3) is 0 Å². The van der Waals surface area contributed by atoms with E-state index < -0.39 is 0 Å². The molecule has 138 valence electrons. The van der Waals surface area contributed by atoms with Gasteiger partial charge < -0.3 is 10.2 Å². The molecule has 0 atom stereocenters. The van der Waals surface area contributed by atoms with Crippen LogP contribution in [0.25, 0.3) is 11.6 Å². The van der Waals surface area contributed by atoms with E-state index in [0.29, 0.717) is 12.4 Å². The van der Waals surface area contributed by atoms with Crippen molar-refractivity contribution >= 4 is 29.3 Å². The molecule has 0 radical (unpaired) electrons. The molecule has 1 aromatic carbocycles. The van der Waals surface area contributed by atoms with E-state index in [0.717, 1.165) is 12.0 Å². The second-order valence-corrected chi connectivity index (χ2v) is 6.75. The summed E-state index contributed by atoms with van der Waals surface area (Å²) in [6.45, 7) is 4.17. The molecule has 5 nitrogen and oxygen atoms in total. The van der Waals surface area contributed by atoms with Crippen molar-refractivity contribution in [2.75, 3.05) is 18.9 Å². The summed E-state index contributed by atoms with van der Waals surface area (Å²) in [6.07, 6.45) is 5.80. The summed E-state index contributed by atoms with van der Waals surface area (Å²) in [7, 11) is 1.81. The van der Waals surface area contributed by atoms with Gasteiger partial charge in [0.05, 0.1) is 0 Å². The predicted molar refractivity (Wildman–Crippen MR) is 108 cm³/mol. The van der Waals surface area contributed by atoms with Gasteiger partial charge in [-0.2, -0.15) is 0 Å². The third kappa shape index (κ3) is 4.50. The van der Waals surface area contributed by atoms with Gasteiger partial charge in [0.15, 0.2) is 0 Å². The summed E-state index contributed by atoms with van der Waals surface area (Å²) < 4.78 is 0. The predicted octanol–water partition coefficient (Wildman–Crippen LogP) is 3.54. The van der Waals surface area contributed by atoms with Crippen LogP contribution in [0.4, 0.5) is 5.82 Å². The second kappa shape index (κ2) is 7.99. The van der Waals surface area contributed by atoms with Crippen LogP contribution in [0.3, 0.4) is 0 Å². The van der Waals surface area contributed by atoms with Crippen LogP contribution in [0.1, 0.15) is 30.5 Å². The second-order valence-electron chi connectivity index (χ2n) is 6.75. The number of likely N-dealkylation sites (N-methyl/N-ethyl adjacent to an activating group) is 1. The van der Waals surface area contributed by atoms with Gasteiger partial charge in [-0.15, -0.1) is 0 Å². The van der Waals surface area contributed by atoms with E-state index in [9.17, 15) is 9.59 Å². The Morgan fingerprint density at radius 2 is 2.00 bits per heavy atom. The smallest absolute Gasteiger partial charge is 0.246 e. The van der Waals surface area contributed by atoms with Gasteiger partial charge in [0, 0.05) is 32.8 Å². The summed E-state index contributed by atoms with van der Waals surface area (Å²) in [5.41, 5.74) is 5.96. The molecule has 1 N–H and O–H groups in total. The van der Waals surface area contributed by atoms with Crippen molar-refractivity contribution in [2.24, 2.45) is 0 Å². The van der Waals surface area contributed by atoms with Gasteiger partial charge in [0.1, 0.15) is 5.82 Å². The zero-order valence-electron chi connectivity index (χ0n) is 15.8. The molecule has 0 saturated carbocycles. The van der Waals surface area contributed by atoms with Gasteiger partial charge in [-0.1, -0.05) is 24.3 Å². The van der Waals surface area contributed by atoms with E-state index in [1.807, 2.05) is 19.2 Å². The van der Waals surface area contributed by atoms with Crippen molar-refractivity contribution in [1.82, 2.24) is 9.88 Å². The first kappa shape index (κ1) is 18.6. The van der Waals surface area contributed by atoms with Crippen molar-refractivity contribution in [3.63, 3.8) is 0 Å². The van der Waals surface area contributed by atoms with Crippen LogP contribution < -0.4 is 5.32 Å². The highest BCUT2D eigenvalue weighted by molar-refractivity contribution is 5.92. The minimum atomic E-state index is -0.166. The number of carbonyl (C=O) groups is 2. The van der Waals surface area contributed by atoms with Gasteiger partial charge in [0.2, 0.25) is 11.8 Å². The van der Waals surface area contributed by atoms with E-state index in [2.05, 4.69) is 35.4 Å². The third-order valence-electron chi connectivity index (χ3n) is 4.67. The molecular formula is C22H23N3O2. The molecule has 0 spiro atoms. The minimum absolute atomic E-state index is 0.0582. The van der Waals surface area contributed by atoms with Crippen molar-refractivity contribution in [2.45, 2.75) is 20.3 Å². The SMILES string of the molecule is CC(=O)Nc1ccc(C=CC(=O)N(C)CC2=C(C)c3ccccc3C2)cn1. The number of hydrogen-bond acceptors (Lipinski definition) is 3. The number of amides is 2. The molecule has 2 aromatic rings. The van der Waals surface area contributed by atoms with Crippen LogP contribution in [0.2, 0.25) is 0 Å². The lowest BCUT2D eigenvalue weighted by molar-refractivity contribution is -0.124. The van der Waals surface area contributed by atoms with Crippen molar-refractivity contribution in [1.29, 1.82) is 0 Å². The zero-order valence-corrected chi connectivity index (χ0v) is 15.8. The number of rotatable bonds is 5. The number of benzene rings is 1. The molecule has 1 heterocycles. The molecule has 1 aliphatic rings. The first-order valence-electron chi connectivity index (χ1n) is 8.88. The molecular weight excluding hydrogens is 338 g/mol. The number of nitrogens with one attached hydrogen (secondary N) is 1. The van der Waals surface area contributed by atoms with Crippen LogP contribution in [0.15, 0.2) is 54.2 Å². The normalized spacial score (nSPS) is 13.0. The number of carbonyl (C=O) groups excluding carboxylic acids is 2. The summed E-state index contributed by atoms with van der Waals surface area (Å²) >= 11 is 0. The lowest BCUT2D eigenvalue weighted by atomic mass is 10.1. The molecule has 0 bridgehead atoms. The van der Waals surface area contributed by atoms with Crippen molar-refractivity contribution < 1.29 is 9.59 Å². The average Bonchev–Trinajstić information content (AvgIpc) is 2.96. The number of anilines is 1. The van der Waals surface area contributed by atoms with Crippen LogP contribution in [-0.2, 0) is 16.0 Å². The Bertz CT molecular complexity index is 927. The Labute approximate surface area is 159 Å². The Kier molecular flexibility index (Phi) is 5.50. The maximum Gasteiger partial charge on any atom is 0.246 e. The molecule has 0 fully saturated rings. The fourth-order valence-electron chi connectivity index (χ4n) is 3.18. The zero-order chi connectivity index (χ0) is 19.4. The maximum absolute atomic E-state index is 12.4. The number of hydrogen-bond donors (Lipinski definition) is 1. The number of nitrogens with zero attached hydrogens (tertiary/aromatic N) is 2. The van der Waals surface area contributed by atoms with Crippen LogP contribution in [0, 0.1) is 0 Å². The van der Waals surface area contributed by atoms with E-state index in [4.69, 9.17) is 0 Å². The standard InChI is InChI=1S/C22H23N3O2/c1-15-19(12-18-6-4-5-7-20(15)18)14-25(3)22(27)11-9-17-8-10-21(23-13-17)24-16(2)26/h4-11,13H,12,14H2,1-3H3,(H,23,24,26). The van der Waals surface area contributed by atoms with Crippen LogP contribution in [-0.4, -0.2) is 35.3 Å². The molecule has 0 aliphatic heterocycles. The number of allylic oxidation sites excluding steroid dienone is 1. The first-order chi connectivity index (χ1) is 12.9. The maximum atomic E-state index is 12.4. The van der Waals surface area contributed by atoms with Crippen LogP contribution in [0.5, 0.6) is 0 Å². The monoisotopic (exact) mass is 361 g/mol. The Balaban J connectivity index is 1.60. The number of aromatic nitrogens is 1. The Morgan fingerprint density at radius 3 is 2.67 bits per heavy atom. The molecule has 1 aromatic heterocycles. The fraction of sp³-hybridized carbons (Fsp3) is 0.227. The lowest BCUT2D eigenvalue weighted by Gasteiger charge is -2.16. The van der Waals surface area contributed by atoms with Crippen molar-refractivity contribution in [3.8, 4) is 0 Å². The van der Waals surface area contributed by atoms with Gasteiger partial charge in [-0.25, -0.2) is 4.98 Å². The number of fused-ring (bicyclic) bond motifs is 1. The summed E-state index contributed by atoms with van der Waals surface area (Å²) in [6, 6.07) is 11.9. The fourth-order valence-corrected chi connectivity index (χ4v) is 3.18. The third-order valence-corrected chi connectivity index (χ3v) is 4.67. The molecule has 0 unspecified atom stereocenters. The number of pyridine rings is 1. The van der Waals surface area contributed by atoms with E-state index >= 15 is 0 Å².